The topological polar surface area (TPSA) is 224 Å². The van der Waals surface area contributed by atoms with Crippen molar-refractivity contribution in [1.82, 2.24) is 45.8 Å². The Morgan fingerprint density at radius 3 is 2.63 bits per heavy atom. The number of amides is 5. The highest BCUT2D eigenvalue weighted by atomic mass is 35.5. The second kappa shape index (κ2) is 22.6. The molecule has 5 heterocycles. The van der Waals surface area contributed by atoms with E-state index in [0.29, 0.717) is 98.4 Å². The van der Waals surface area contributed by atoms with Gasteiger partial charge >= 0.3 is 0 Å². The first-order valence-corrected chi connectivity index (χ1v) is 23.0. The number of anilines is 3. The van der Waals surface area contributed by atoms with E-state index in [2.05, 4.69) is 41.9 Å². The molecule has 8 rings (SSSR count). The maximum Gasteiger partial charge on any atom is 0.255 e. The zero-order chi connectivity index (χ0) is 46.0. The van der Waals surface area contributed by atoms with Gasteiger partial charge in [-0.15, -0.1) is 28.8 Å². The summed E-state index contributed by atoms with van der Waals surface area (Å²) in [6.45, 7) is 2.42. The first-order chi connectivity index (χ1) is 32.0. The molecule has 5 aromatic rings. The van der Waals surface area contributed by atoms with E-state index in [1.54, 1.807) is 47.4 Å². The summed E-state index contributed by atoms with van der Waals surface area (Å²) in [5, 5.41) is 25.7. The molecule has 18 nitrogen and oxygen atoms in total. The minimum Gasteiger partial charge on any atom is -0.487 e. The molecule has 2 aliphatic heterocycles. The number of carbonyl (C=O) groups excluding carboxylic acids is 5. The lowest BCUT2D eigenvalue weighted by Crippen LogP contribution is -2.52. The number of piperidine rings is 1. The average Bonchev–Trinajstić information content (AvgIpc) is 4.08. The van der Waals surface area contributed by atoms with Crippen LogP contribution < -0.4 is 31.3 Å². The van der Waals surface area contributed by atoms with Crippen LogP contribution in [0.3, 0.4) is 0 Å². The summed E-state index contributed by atoms with van der Waals surface area (Å²) in [6.07, 6.45) is 6.16. The number of pyridine rings is 1. The van der Waals surface area contributed by atoms with Gasteiger partial charge in [-0.1, -0.05) is 35.0 Å². The van der Waals surface area contributed by atoms with Crippen molar-refractivity contribution in [3.8, 4) is 5.75 Å². The van der Waals surface area contributed by atoms with E-state index in [1.165, 1.54) is 22.3 Å². The standard InChI is InChI=1S/C45H49ClFN11O7S.ClH/c46-33-6-3-8-36(40(33)47)65-30-12-15-45(16-13-30,24-28-4-1-9-37(51-28)53-44-49-19-23-66-44)43(63)50-25-29-26-57(56-55-29)20-22-64-21-18-48-17-14-39(60)52-34-7-2-5-31-32(34)27-58(42(31)62)35-10-11-38(59)54-41(35)61;/h1-9,19,23,26,30,35,48H,10-18,20-22,24-25,27H2,(H,50,63)(H,52,60)(H,49,51,53)(H,54,59,61);1H. The van der Waals surface area contributed by atoms with Crippen molar-refractivity contribution >= 4 is 81.5 Å². The molecule has 3 aromatic heterocycles. The number of rotatable bonds is 20. The molecular weight excluding hydrogens is 929 g/mol. The number of benzene rings is 2. The molecule has 1 aliphatic carbocycles. The third-order valence-electron chi connectivity index (χ3n) is 11.9. The minimum absolute atomic E-state index is 0. The number of ether oxygens (including phenoxy) is 2. The fourth-order valence-corrected chi connectivity index (χ4v) is 9.13. The van der Waals surface area contributed by atoms with Gasteiger partial charge in [0.2, 0.25) is 23.6 Å². The predicted molar refractivity (Wildman–Crippen MR) is 249 cm³/mol. The summed E-state index contributed by atoms with van der Waals surface area (Å²) in [5.74, 6) is -1.41. The van der Waals surface area contributed by atoms with Crippen molar-refractivity contribution in [2.45, 2.75) is 83.1 Å². The molecule has 0 bridgehead atoms. The summed E-state index contributed by atoms with van der Waals surface area (Å²) in [5.41, 5.74) is 2.10. The van der Waals surface area contributed by atoms with Gasteiger partial charge < -0.3 is 35.6 Å². The minimum atomic E-state index is -0.811. The lowest BCUT2D eigenvalue weighted by Gasteiger charge is -2.39. The van der Waals surface area contributed by atoms with Crippen LogP contribution in [0.2, 0.25) is 5.02 Å². The maximum absolute atomic E-state index is 14.7. The third-order valence-corrected chi connectivity index (χ3v) is 12.8. The number of hydrogen-bond donors (Lipinski definition) is 5. The van der Waals surface area contributed by atoms with E-state index in [4.69, 9.17) is 26.1 Å². The van der Waals surface area contributed by atoms with Crippen LogP contribution >= 0.6 is 35.3 Å². The number of nitrogens with zero attached hydrogens (tertiary/aromatic N) is 6. The fraction of sp³-hybridized carbons (Fsp3) is 0.400. The largest absolute Gasteiger partial charge is 0.487 e. The summed E-state index contributed by atoms with van der Waals surface area (Å²) < 4.78 is 28.1. The molecule has 2 aromatic carbocycles. The van der Waals surface area contributed by atoms with E-state index in [1.807, 2.05) is 23.6 Å². The molecule has 67 heavy (non-hydrogen) atoms. The Morgan fingerprint density at radius 1 is 1.00 bits per heavy atom. The number of fused-ring (bicyclic) bond motifs is 1. The van der Waals surface area contributed by atoms with Gasteiger partial charge in [0.05, 0.1) is 49.0 Å². The highest BCUT2D eigenvalue weighted by Crippen LogP contribution is 2.42. The maximum atomic E-state index is 14.7. The van der Waals surface area contributed by atoms with Gasteiger partial charge in [0.25, 0.3) is 5.91 Å². The Morgan fingerprint density at radius 2 is 1.82 bits per heavy atom. The van der Waals surface area contributed by atoms with E-state index < -0.39 is 23.2 Å². The molecule has 354 valence electrons. The number of nitrogens with one attached hydrogen (secondary N) is 5. The fourth-order valence-electron chi connectivity index (χ4n) is 8.42. The van der Waals surface area contributed by atoms with Gasteiger partial charge in [-0.05, 0) is 68.5 Å². The van der Waals surface area contributed by atoms with Gasteiger partial charge in [-0.2, -0.15) is 0 Å². The number of thiazole rings is 1. The van der Waals surface area contributed by atoms with Crippen molar-refractivity contribution in [3.05, 3.63) is 106 Å². The first-order valence-electron chi connectivity index (χ1n) is 21.8. The summed E-state index contributed by atoms with van der Waals surface area (Å²) in [7, 11) is 0. The second-order valence-corrected chi connectivity index (χ2v) is 17.7. The van der Waals surface area contributed by atoms with Crippen LogP contribution in [0.4, 0.5) is 21.0 Å². The highest BCUT2D eigenvalue weighted by molar-refractivity contribution is 7.13. The molecule has 1 saturated heterocycles. The monoisotopic (exact) mass is 977 g/mol. The zero-order valence-corrected chi connectivity index (χ0v) is 38.7. The molecule has 22 heteroatoms. The van der Waals surface area contributed by atoms with Gasteiger partial charge in [0, 0.05) is 73.0 Å². The molecule has 5 amide bonds. The number of hydrogen-bond acceptors (Lipinski definition) is 14. The van der Waals surface area contributed by atoms with Crippen molar-refractivity contribution in [1.29, 1.82) is 0 Å². The molecule has 3 aliphatic rings. The van der Waals surface area contributed by atoms with Crippen molar-refractivity contribution in [2.24, 2.45) is 5.41 Å². The van der Waals surface area contributed by atoms with Crippen LogP contribution in [-0.2, 0) is 50.0 Å². The smallest absolute Gasteiger partial charge is 0.255 e. The number of carbonyl (C=O) groups is 5. The van der Waals surface area contributed by atoms with Crippen LogP contribution in [0.15, 0.2) is 72.4 Å². The van der Waals surface area contributed by atoms with E-state index in [0.717, 1.165) is 5.69 Å². The Kier molecular flexibility index (Phi) is 16.5. The Balaban J connectivity index is 0.00000666. The van der Waals surface area contributed by atoms with Crippen LogP contribution in [0.1, 0.15) is 72.3 Å². The van der Waals surface area contributed by atoms with Gasteiger partial charge in [-0.3, -0.25) is 29.3 Å². The molecule has 1 saturated carbocycles. The zero-order valence-electron chi connectivity index (χ0n) is 36.3. The molecule has 1 unspecified atom stereocenters. The Hall–Kier alpha value is -6.06. The number of halogens is 3. The molecule has 2 fully saturated rings. The van der Waals surface area contributed by atoms with Gasteiger partial charge in [-0.25, -0.2) is 19.0 Å². The lowest BCUT2D eigenvalue weighted by molar-refractivity contribution is -0.137. The van der Waals surface area contributed by atoms with Gasteiger partial charge in [0.15, 0.2) is 16.7 Å². The predicted octanol–water partition coefficient (Wildman–Crippen LogP) is 5.35. The van der Waals surface area contributed by atoms with E-state index in [9.17, 15) is 28.4 Å². The van der Waals surface area contributed by atoms with Crippen molar-refractivity contribution in [3.63, 3.8) is 0 Å². The Bertz CT molecular complexity index is 2560. The Labute approximate surface area is 400 Å². The SMILES string of the molecule is Cl.O=C1CCC(N2Cc3c(NC(=O)CCNCCOCCn4cc(CNC(=O)C5(Cc6cccc(Nc7nccs7)n6)CCC(Oc6cccc(Cl)c6F)CC5)nn4)cccc3C2=O)C(=O)N1. The summed E-state index contributed by atoms with van der Waals surface area (Å²) in [4.78, 5) is 74.6. The highest BCUT2D eigenvalue weighted by Gasteiger charge is 2.43. The van der Waals surface area contributed by atoms with E-state index >= 15 is 0 Å². The van der Waals surface area contributed by atoms with Crippen LogP contribution in [0, 0.1) is 11.2 Å². The van der Waals surface area contributed by atoms with Crippen molar-refractivity contribution in [2.75, 3.05) is 36.9 Å². The lowest BCUT2D eigenvalue weighted by atomic mass is 9.69. The van der Waals surface area contributed by atoms with Crippen molar-refractivity contribution < 1.29 is 37.8 Å². The molecule has 5 N–H and O–H groups in total. The second-order valence-electron chi connectivity index (χ2n) is 16.4. The van der Waals surface area contributed by atoms with Crippen LogP contribution in [-0.4, -0.2) is 97.8 Å². The van der Waals surface area contributed by atoms with Crippen LogP contribution in [0.25, 0.3) is 0 Å². The summed E-state index contributed by atoms with van der Waals surface area (Å²) >= 11 is 7.45. The molecular formula is C45H50Cl2FN11O7S. The third kappa shape index (κ3) is 12.3. The normalized spacial score (nSPS) is 19.0. The number of aromatic nitrogens is 5. The molecule has 1 atom stereocenters. The quantitative estimate of drug-likeness (QED) is 0.0491. The molecule has 0 spiro atoms. The first kappa shape index (κ1) is 48.9. The van der Waals surface area contributed by atoms with Gasteiger partial charge in [0.1, 0.15) is 17.6 Å². The molecule has 0 radical (unpaired) electrons. The van der Waals surface area contributed by atoms with Crippen LogP contribution in [0.5, 0.6) is 5.75 Å². The van der Waals surface area contributed by atoms with E-state index in [-0.39, 0.29) is 85.3 Å². The number of imide groups is 1. The summed E-state index contributed by atoms with van der Waals surface area (Å²) in [6, 6.07) is 14.7. The average molecular weight is 979 g/mol.